The van der Waals surface area contributed by atoms with E-state index < -0.39 is 0 Å². The number of hydrogen-bond donors (Lipinski definition) is 1. The molecular weight excluding hydrogens is 230 g/mol. The summed E-state index contributed by atoms with van der Waals surface area (Å²) in [6.07, 6.45) is 2.07. The Labute approximate surface area is 106 Å². The third-order valence-corrected chi connectivity index (χ3v) is 3.52. The fraction of sp³-hybridized carbons (Fsp3) is 0.286. The molecule has 0 aliphatic rings. The second-order valence-electron chi connectivity index (χ2n) is 3.87. The lowest BCUT2D eigenvalue weighted by molar-refractivity contribution is 0.196. The molecule has 2 rings (SSSR count). The highest BCUT2D eigenvalue weighted by molar-refractivity contribution is 7.10. The van der Waals surface area contributed by atoms with Crippen LogP contribution in [0, 0.1) is 0 Å². The predicted molar refractivity (Wildman–Crippen MR) is 72.4 cm³/mol. The van der Waals surface area contributed by atoms with E-state index in [0.29, 0.717) is 6.54 Å². The van der Waals surface area contributed by atoms with Gasteiger partial charge >= 0.3 is 0 Å². The van der Waals surface area contributed by atoms with Crippen LogP contribution in [0.3, 0.4) is 0 Å². The molecule has 0 saturated heterocycles. The molecule has 0 saturated carbocycles. The van der Waals surface area contributed by atoms with E-state index in [9.17, 15) is 0 Å². The molecule has 0 bridgehead atoms. The van der Waals surface area contributed by atoms with Crippen molar-refractivity contribution in [3.63, 3.8) is 0 Å². The zero-order chi connectivity index (χ0) is 11.9. The molecule has 0 fully saturated rings. The number of ether oxygens (including phenoxy) is 1. The van der Waals surface area contributed by atoms with Gasteiger partial charge in [0, 0.05) is 4.88 Å². The Morgan fingerprint density at radius 1 is 1.12 bits per heavy atom. The molecule has 0 aliphatic heterocycles. The van der Waals surface area contributed by atoms with Crippen LogP contribution in [-0.2, 0) is 0 Å². The molecule has 3 heteroatoms. The first kappa shape index (κ1) is 12.1. The molecule has 0 spiro atoms. The number of hydrogen-bond acceptors (Lipinski definition) is 3. The summed E-state index contributed by atoms with van der Waals surface area (Å²) < 4.78 is 6.02. The third-order valence-electron chi connectivity index (χ3n) is 2.55. The first-order valence-electron chi connectivity index (χ1n) is 5.85. The van der Waals surface area contributed by atoms with Crippen LogP contribution < -0.4 is 10.5 Å². The summed E-state index contributed by atoms with van der Waals surface area (Å²) in [6.45, 7) is 0.708. The molecule has 90 valence electrons. The highest BCUT2D eigenvalue weighted by atomic mass is 32.1. The zero-order valence-electron chi connectivity index (χ0n) is 9.71. The second-order valence-corrected chi connectivity index (χ2v) is 4.85. The smallest absolute Gasteiger partial charge is 0.133 e. The van der Waals surface area contributed by atoms with Crippen LogP contribution in [0.4, 0.5) is 0 Å². The monoisotopic (exact) mass is 247 g/mol. The van der Waals surface area contributed by atoms with Gasteiger partial charge in [0.05, 0.1) is 0 Å². The highest BCUT2D eigenvalue weighted by Crippen LogP contribution is 2.28. The van der Waals surface area contributed by atoms with Crippen LogP contribution in [0.15, 0.2) is 47.8 Å². The first-order chi connectivity index (χ1) is 8.40. The molecule has 1 aromatic carbocycles. The topological polar surface area (TPSA) is 35.2 Å². The quantitative estimate of drug-likeness (QED) is 0.846. The van der Waals surface area contributed by atoms with Crippen LogP contribution in [0.25, 0.3) is 0 Å². The van der Waals surface area contributed by atoms with Crippen LogP contribution in [0.1, 0.15) is 23.8 Å². The van der Waals surface area contributed by atoms with Gasteiger partial charge in [0.2, 0.25) is 0 Å². The Morgan fingerprint density at radius 2 is 1.94 bits per heavy atom. The van der Waals surface area contributed by atoms with E-state index in [1.165, 1.54) is 4.88 Å². The summed E-state index contributed by atoms with van der Waals surface area (Å²) in [5, 5.41) is 2.08. The highest BCUT2D eigenvalue weighted by Gasteiger charge is 2.13. The Bertz CT molecular complexity index is 413. The van der Waals surface area contributed by atoms with Crippen molar-refractivity contribution in [3.8, 4) is 5.75 Å². The minimum absolute atomic E-state index is 0.126. The van der Waals surface area contributed by atoms with Crippen molar-refractivity contribution < 1.29 is 4.74 Å². The van der Waals surface area contributed by atoms with Crippen LogP contribution >= 0.6 is 11.3 Å². The van der Waals surface area contributed by atoms with Crippen molar-refractivity contribution in [1.29, 1.82) is 0 Å². The van der Waals surface area contributed by atoms with Gasteiger partial charge in [-0.15, -0.1) is 11.3 Å². The predicted octanol–water partition coefficient (Wildman–Crippen LogP) is 3.61. The molecule has 1 aromatic heterocycles. The number of benzene rings is 1. The van der Waals surface area contributed by atoms with Gasteiger partial charge in [0.1, 0.15) is 11.9 Å². The summed E-state index contributed by atoms with van der Waals surface area (Å²) >= 11 is 1.73. The number of thiophene rings is 1. The molecule has 2 nitrogen and oxygen atoms in total. The normalized spacial score (nSPS) is 12.3. The van der Waals surface area contributed by atoms with Crippen molar-refractivity contribution in [1.82, 2.24) is 0 Å². The van der Waals surface area contributed by atoms with E-state index in [4.69, 9.17) is 10.5 Å². The average molecular weight is 247 g/mol. The summed E-state index contributed by atoms with van der Waals surface area (Å²) in [7, 11) is 0. The minimum Gasteiger partial charge on any atom is -0.485 e. The lowest BCUT2D eigenvalue weighted by Gasteiger charge is -2.17. The lowest BCUT2D eigenvalue weighted by atomic mass is 10.1. The Morgan fingerprint density at radius 3 is 2.59 bits per heavy atom. The minimum atomic E-state index is 0.126. The molecule has 17 heavy (non-hydrogen) atoms. The molecular formula is C14H17NOS. The molecule has 1 unspecified atom stereocenters. The summed E-state index contributed by atoms with van der Waals surface area (Å²) in [6, 6.07) is 14.1. The van der Waals surface area contributed by atoms with E-state index in [1.807, 2.05) is 30.3 Å². The molecule has 2 aromatic rings. The SMILES string of the molecule is NCCCC(Oc1ccccc1)c1cccs1. The van der Waals surface area contributed by atoms with Crippen LogP contribution in [-0.4, -0.2) is 6.54 Å². The fourth-order valence-electron chi connectivity index (χ4n) is 1.70. The lowest BCUT2D eigenvalue weighted by Crippen LogP contribution is -2.09. The number of rotatable bonds is 6. The number of nitrogens with two attached hydrogens (primary N) is 1. The zero-order valence-corrected chi connectivity index (χ0v) is 10.5. The van der Waals surface area contributed by atoms with E-state index in [1.54, 1.807) is 11.3 Å². The van der Waals surface area contributed by atoms with E-state index >= 15 is 0 Å². The second kappa shape index (κ2) is 6.42. The fourth-order valence-corrected chi connectivity index (χ4v) is 2.49. The van der Waals surface area contributed by atoms with Crippen molar-refractivity contribution in [2.45, 2.75) is 18.9 Å². The van der Waals surface area contributed by atoms with Crippen molar-refractivity contribution >= 4 is 11.3 Å². The Hall–Kier alpha value is -1.32. The maximum absolute atomic E-state index is 6.02. The van der Waals surface area contributed by atoms with Gasteiger partial charge in [-0.1, -0.05) is 24.3 Å². The van der Waals surface area contributed by atoms with Crippen LogP contribution in [0.2, 0.25) is 0 Å². The van der Waals surface area contributed by atoms with Crippen molar-refractivity contribution in [3.05, 3.63) is 52.7 Å². The Kier molecular flexibility index (Phi) is 4.59. The van der Waals surface area contributed by atoms with Gasteiger partial charge in [-0.3, -0.25) is 0 Å². The standard InChI is InChI=1S/C14H17NOS/c15-10-4-8-13(14-9-5-11-17-14)16-12-6-2-1-3-7-12/h1-3,5-7,9,11,13H,4,8,10,15H2. The summed E-state index contributed by atoms with van der Waals surface area (Å²) in [4.78, 5) is 1.27. The van der Waals surface area contributed by atoms with Crippen LogP contribution in [0.5, 0.6) is 5.75 Å². The van der Waals surface area contributed by atoms with Crippen molar-refractivity contribution in [2.24, 2.45) is 5.73 Å². The van der Waals surface area contributed by atoms with Crippen molar-refractivity contribution in [2.75, 3.05) is 6.54 Å². The number of para-hydroxylation sites is 1. The van der Waals surface area contributed by atoms with E-state index in [-0.39, 0.29) is 6.10 Å². The Balaban J connectivity index is 2.06. The molecule has 0 aliphatic carbocycles. The van der Waals surface area contributed by atoms with Gasteiger partial charge in [-0.25, -0.2) is 0 Å². The summed E-state index contributed by atoms with van der Waals surface area (Å²) in [5.74, 6) is 0.919. The van der Waals surface area contributed by atoms with Gasteiger partial charge in [-0.05, 0) is 43.0 Å². The van der Waals surface area contributed by atoms with E-state index in [0.717, 1.165) is 18.6 Å². The third kappa shape index (κ3) is 3.58. The molecule has 1 heterocycles. The summed E-state index contributed by atoms with van der Waals surface area (Å²) in [5.41, 5.74) is 5.57. The maximum Gasteiger partial charge on any atom is 0.133 e. The molecule has 0 radical (unpaired) electrons. The van der Waals surface area contributed by atoms with Gasteiger partial charge in [0.25, 0.3) is 0 Å². The van der Waals surface area contributed by atoms with Gasteiger partial charge < -0.3 is 10.5 Å². The average Bonchev–Trinajstić information content (AvgIpc) is 2.89. The van der Waals surface area contributed by atoms with Gasteiger partial charge in [0.15, 0.2) is 0 Å². The molecule has 0 amide bonds. The molecule has 2 N–H and O–H groups in total. The first-order valence-corrected chi connectivity index (χ1v) is 6.73. The van der Waals surface area contributed by atoms with Gasteiger partial charge in [-0.2, -0.15) is 0 Å². The largest absolute Gasteiger partial charge is 0.485 e. The maximum atomic E-state index is 6.02. The van der Waals surface area contributed by atoms with E-state index in [2.05, 4.69) is 17.5 Å². The molecule has 1 atom stereocenters.